The van der Waals surface area contributed by atoms with Crippen molar-refractivity contribution in [2.24, 2.45) is 0 Å². The van der Waals surface area contributed by atoms with Crippen LogP contribution in [0.4, 0.5) is 0 Å². The largest absolute Gasteiger partial charge is 0.384 e. The van der Waals surface area contributed by atoms with Crippen molar-refractivity contribution >= 4 is 5.65 Å². The first kappa shape index (κ1) is 13.3. The average molecular weight is 277 g/mol. The van der Waals surface area contributed by atoms with Gasteiger partial charge >= 0.3 is 0 Å². The van der Waals surface area contributed by atoms with Crippen molar-refractivity contribution in [1.82, 2.24) is 14.6 Å². The van der Waals surface area contributed by atoms with Gasteiger partial charge in [0.25, 0.3) is 0 Å². The minimum Gasteiger partial charge on any atom is -0.384 e. The van der Waals surface area contributed by atoms with Crippen LogP contribution in [-0.2, 0) is 5.60 Å². The van der Waals surface area contributed by atoms with Crippen LogP contribution >= 0.6 is 0 Å². The maximum atomic E-state index is 9.98. The number of aliphatic hydroxyl groups is 1. The Kier molecular flexibility index (Phi) is 3.20. The van der Waals surface area contributed by atoms with Gasteiger partial charge < -0.3 is 5.11 Å². The van der Waals surface area contributed by atoms with E-state index in [-0.39, 0.29) is 0 Å². The van der Waals surface area contributed by atoms with Crippen molar-refractivity contribution in [3.8, 4) is 11.8 Å². The minimum atomic E-state index is -0.983. The van der Waals surface area contributed by atoms with Crippen LogP contribution in [0.1, 0.15) is 30.7 Å². The monoisotopic (exact) mass is 277 g/mol. The summed E-state index contributed by atoms with van der Waals surface area (Å²) < 4.78 is 1.64. The molecule has 0 atom stereocenters. The van der Waals surface area contributed by atoms with E-state index in [1.54, 1.807) is 30.6 Å². The Morgan fingerprint density at radius 1 is 1.10 bits per heavy atom. The number of fused-ring (bicyclic) bond motifs is 1. The van der Waals surface area contributed by atoms with Gasteiger partial charge in [0.1, 0.15) is 5.60 Å². The van der Waals surface area contributed by atoms with Crippen molar-refractivity contribution in [3.05, 3.63) is 65.6 Å². The molecule has 0 fully saturated rings. The molecule has 1 N–H and O–H groups in total. The van der Waals surface area contributed by atoms with Gasteiger partial charge in [0.05, 0.1) is 11.3 Å². The molecular formula is C17H15N3O. The Labute approximate surface area is 123 Å². The third kappa shape index (κ3) is 2.93. The summed E-state index contributed by atoms with van der Waals surface area (Å²) in [4.78, 5) is 4.31. The van der Waals surface area contributed by atoms with Crippen molar-refractivity contribution < 1.29 is 5.11 Å². The quantitative estimate of drug-likeness (QED) is 0.695. The molecule has 0 saturated heterocycles. The molecule has 3 rings (SSSR count). The molecule has 0 saturated carbocycles. The van der Waals surface area contributed by atoms with Gasteiger partial charge in [-0.3, -0.25) is 0 Å². The summed E-state index contributed by atoms with van der Waals surface area (Å²) in [6.45, 7) is 3.40. The molecule has 2 aromatic heterocycles. The van der Waals surface area contributed by atoms with Crippen LogP contribution in [0.2, 0.25) is 0 Å². The second-order valence-electron chi connectivity index (χ2n) is 5.35. The average Bonchev–Trinajstić information content (AvgIpc) is 2.89. The third-order valence-corrected chi connectivity index (χ3v) is 3.07. The molecule has 4 heteroatoms. The minimum absolute atomic E-state index is 0.586. The molecule has 0 aliphatic heterocycles. The van der Waals surface area contributed by atoms with Gasteiger partial charge in [0, 0.05) is 24.0 Å². The standard InChI is InChI=1S/C17H15N3O/c1-17(2,21)15-10-16-18-11-14(12-20(16)19-15)9-8-13-6-4-3-5-7-13/h3-7,10-12,21H,1-2H3. The zero-order chi connectivity index (χ0) is 14.9. The SMILES string of the molecule is CC(C)(O)c1cc2ncc(C#Cc3ccccc3)cn2n1. The molecule has 3 aromatic rings. The van der Waals surface area contributed by atoms with E-state index in [1.807, 2.05) is 36.5 Å². The Hall–Kier alpha value is -2.64. The van der Waals surface area contributed by atoms with E-state index >= 15 is 0 Å². The van der Waals surface area contributed by atoms with E-state index in [2.05, 4.69) is 21.9 Å². The summed E-state index contributed by atoms with van der Waals surface area (Å²) >= 11 is 0. The summed E-state index contributed by atoms with van der Waals surface area (Å²) in [6, 6.07) is 11.6. The van der Waals surface area contributed by atoms with E-state index in [1.165, 1.54) is 0 Å². The van der Waals surface area contributed by atoms with Crippen LogP contribution in [0.5, 0.6) is 0 Å². The first-order valence-electron chi connectivity index (χ1n) is 6.68. The molecule has 0 bridgehead atoms. The van der Waals surface area contributed by atoms with Crippen LogP contribution < -0.4 is 0 Å². The van der Waals surface area contributed by atoms with Crippen molar-refractivity contribution in [3.63, 3.8) is 0 Å². The highest BCUT2D eigenvalue weighted by molar-refractivity contribution is 5.45. The normalized spacial score (nSPS) is 11.2. The molecule has 2 heterocycles. The van der Waals surface area contributed by atoms with Crippen LogP contribution in [0.15, 0.2) is 48.8 Å². The van der Waals surface area contributed by atoms with Crippen LogP contribution in [-0.4, -0.2) is 19.7 Å². The lowest BCUT2D eigenvalue weighted by Gasteiger charge is -2.12. The van der Waals surface area contributed by atoms with E-state index in [4.69, 9.17) is 0 Å². The fourth-order valence-corrected chi connectivity index (χ4v) is 1.91. The summed E-state index contributed by atoms with van der Waals surface area (Å²) in [5.74, 6) is 6.15. The second-order valence-corrected chi connectivity index (χ2v) is 5.35. The zero-order valence-electron chi connectivity index (χ0n) is 11.9. The zero-order valence-corrected chi connectivity index (χ0v) is 11.9. The van der Waals surface area contributed by atoms with E-state index in [9.17, 15) is 5.11 Å². The van der Waals surface area contributed by atoms with Crippen LogP contribution in [0.25, 0.3) is 5.65 Å². The topological polar surface area (TPSA) is 50.4 Å². The van der Waals surface area contributed by atoms with Gasteiger partial charge in [-0.1, -0.05) is 30.0 Å². The Morgan fingerprint density at radius 3 is 2.52 bits per heavy atom. The summed E-state index contributed by atoms with van der Waals surface area (Å²) in [7, 11) is 0. The first-order chi connectivity index (χ1) is 10.0. The molecule has 21 heavy (non-hydrogen) atoms. The highest BCUT2D eigenvalue weighted by atomic mass is 16.3. The molecule has 0 spiro atoms. The van der Waals surface area contributed by atoms with Gasteiger partial charge in [0.2, 0.25) is 0 Å². The van der Waals surface area contributed by atoms with E-state index < -0.39 is 5.60 Å². The van der Waals surface area contributed by atoms with Crippen LogP contribution in [0, 0.1) is 11.8 Å². The smallest absolute Gasteiger partial charge is 0.155 e. The molecule has 4 nitrogen and oxygen atoms in total. The lowest BCUT2D eigenvalue weighted by molar-refractivity contribution is 0.0735. The number of hydrogen-bond acceptors (Lipinski definition) is 3. The number of rotatable bonds is 1. The molecular weight excluding hydrogens is 262 g/mol. The number of hydrogen-bond donors (Lipinski definition) is 1. The van der Waals surface area contributed by atoms with Crippen molar-refractivity contribution in [1.29, 1.82) is 0 Å². The van der Waals surface area contributed by atoms with Gasteiger partial charge in [-0.15, -0.1) is 0 Å². The predicted octanol–water partition coefficient (Wildman–Crippen LogP) is 2.36. The predicted molar refractivity (Wildman–Crippen MR) is 80.7 cm³/mol. The molecule has 0 radical (unpaired) electrons. The van der Waals surface area contributed by atoms with Crippen molar-refractivity contribution in [2.45, 2.75) is 19.4 Å². The second kappa shape index (κ2) is 5.04. The fraction of sp³-hybridized carbons (Fsp3) is 0.176. The highest BCUT2D eigenvalue weighted by Gasteiger charge is 2.20. The third-order valence-electron chi connectivity index (χ3n) is 3.07. The maximum Gasteiger partial charge on any atom is 0.155 e. The van der Waals surface area contributed by atoms with Crippen molar-refractivity contribution in [2.75, 3.05) is 0 Å². The first-order valence-corrected chi connectivity index (χ1v) is 6.68. The fourth-order valence-electron chi connectivity index (χ4n) is 1.91. The summed E-state index contributed by atoms with van der Waals surface area (Å²) in [5.41, 5.74) is 2.02. The lowest BCUT2D eigenvalue weighted by atomic mass is 10.1. The number of aromatic nitrogens is 3. The molecule has 0 aliphatic rings. The van der Waals surface area contributed by atoms with Crippen LogP contribution in [0.3, 0.4) is 0 Å². The van der Waals surface area contributed by atoms with E-state index in [0.29, 0.717) is 11.3 Å². The maximum absolute atomic E-state index is 9.98. The lowest BCUT2D eigenvalue weighted by Crippen LogP contribution is -2.16. The Bertz CT molecular complexity index is 833. The molecule has 104 valence electrons. The van der Waals surface area contributed by atoms with Gasteiger partial charge in [-0.25, -0.2) is 9.50 Å². The molecule has 0 aliphatic carbocycles. The Balaban J connectivity index is 1.97. The van der Waals surface area contributed by atoms with Gasteiger partial charge in [-0.2, -0.15) is 5.10 Å². The molecule has 1 aromatic carbocycles. The van der Waals surface area contributed by atoms with Gasteiger partial charge in [0.15, 0.2) is 5.65 Å². The number of nitrogens with zero attached hydrogens (tertiary/aromatic N) is 3. The highest BCUT2D eigenvalue weighted by Crippen LogP contribution is 2.18. The summed E-state index contributed by atoms with van der Waals surface area (Å²) in [6.07, 6.45) is 3.52. The number of benzene rings is 1. The molecule has 0 unspecified atom stereocenters. The van der Waals surface area contributed by atoms with E-state index in [0.717, 1.165) is 11.1 Å². The molecule has 0 amide bonds. The van der Waals surface area contributed by atoms with Gasteiger partial charge in [-0.05, 0) is 26.0 Å². The summed E-state index contributed by atoms with van der Waals surface area (Å²) in [5, 5.41) is 14.3. The Morgan fingerprint density at radius 2 is 1.81 bits per heavy atom.